The van der Waals surface area contributed by atoms with Crippen molar-refractivity contribution >= 4 is 66.7 Å². The van der Waals surface area contributed by atoms with E-state index >= 15 is 0 Å². The third kappa shape index (κ3) is 7.75. The summed E-state index contributed by atoms with van der Waals surface area (Å²) >= 11 is 16.2. The Balaban J connectivity index is 2.10. The monoisotopic (exact) mass is 653 g/mol. The number of nitrogens with zero attached hydrogens (tertiary/aromatic N) is 2. The van der Waals surface area contributed by atoms with Crippen molar-refractivity contribution < 1.29 is 18.0 Å². The molecule has 3 rings (SSSR count). The van der Waals surface area contributed by atoms with Crippen LogP contribution in [-0.2, 0) is 26.2 Å². The lowest BCUT2D eigenvalue weighted by molar-refractivity contribution is -0.140. The zero-order chi connectivity index (χ0) is 28.7. The van der Waals surface area contributed by atoms with E-state index in [1.54, 1.807) is 67.6 Å². The lowest BCUT2D eigenvalue weighted by atomic mass is 10.1. The van der Waals surface area contributed by atoms with E-state index in [1.165, 1.54) is 17.0 Å². The van der Waals surface area contributed by atoms with Crippen molar-refractivity contribution in [2.75, 3.05) is 10.8 Å². The molecule has 0 aliphatic carbocycles. The molecule has 0 saturated heterocycles. The zero-order valence-electron chi connectivity index (χ0n) is 21.8. The number of rotatable bonds is 11. The minimum absolute atomic E-state index is 0.0306. The van der Waals surface area contributed by atoms with Crippen molar-refractivity contribution in [2.24, 2.45) is 0 Å². The van der Waals surface area contributed by atoms with Gasteiger partial charge in [-0.05, 0) is 62.7 Å². The fourth-order valence-electron chi connectivity index (χ4n) is 4.03. The number of amides is 2. The first-order valence-corrected chi connectivity index (χ1v) is 15.3. The molecule has 0 bridgehead atoms. The van der Waals surface area contributed by atoms with Gasteiger partial charge in [-0.3, -0.25) is 13.9 Å². The molecule has 0 unspecified atom stereocenters. The predicted octanol–water partition coefficient (Wildman–Crippen LogP) is 6.28. The van der Waals surface area contributed by atoms with Gasteiger partial charge in [0.1, 0.15) is 12.6 Å². The zero-order valence-corrected chi connectivity index (χ0v) is 25.7. The van der Waals surface area contributed by atoms with Gasteiger partial charge in [0.15, 0.2) is 0 Å². The highest BCUT2D eigenvalue weighted by Crippen LogP contribution is 2.29. The van der Waals surface area contributed by atoms with Crippen LogP contribution in [0.5, 0.6) is 0 Å². The van der Waals surface area contributed by atoms with Gasteiger partial charge in [0.2, 0.25) is 11.8 Å². The molecule has 11 heteroatoms. The van der Waals surface area contributed by atoms with E-state index in [2.05, 4.69) is 21.2 Å². The molecule has 7 nitrogen and oxygen atoms in total. The fraction of sp³-hybridized carbons (Fsp3) is 0.286. The van der Waals surface area contributed by atoms with Crippen molar-refractivity contribution in [3.05, 3.63) is 92.9 Å². The highest BCUT2D eigenvalue weighted by Gasteiger charge is 2.34. The van der Waals surface area contributed by atoms with Gasteiger partial charge < -0.3 is 10.2 Å². The Bertz CT molecular complexity index is 1400. The first-order valence-electron chi connectivity index (χ1n) is 12.3. The predicted molar refractivity (Wildman–Crippen MR) is 159 cm³/mol. The van der Waals surface area contributed by atoms with Crippen molar-refractivity contribution in [2.45, 2.75) is 50.7 Å². The number of nitrogens with one attached hydrogen (secondary N) is 1. The quantitative estimate of drug-likeness (QED) is 0.264. The molecular weight excluding hydrogens is 625 g/mol. The summed E-state index contributed by atoms with van der Waals surface area (Å²) in [7, 11) is -4.15. The molecule has 3 aromatic rings. The van der Waals surface area contributed by atoms with Crippen LogP contribution in [-0.4, -0.2) is 43.8 Å². The van der Waals surface area contributed by atoms with Crippen LogP contribution < -0.4 is 9.62 Å². The molecule has 0 spiro atoms. The van der Waals surface area contributed by atoms with Crippen molar-refractivity contribution in [3.8, 4) is 0 Å². The molecule has 2 amide bonds. The molecule has 0 aliphatic rings. The maximum atomic E-state index is 14.0. The Morgan fingerprint density at radius 3 is 2.13 bits per heavy atom. The number of halogens is 3. The number of hydrogen-bond acceptors (Lipinski definition) is 4. The second-order valence-corrected chi connectivity index (χ2v) is 12.7. The largest absolute Gasteiger partial charge is 0.352 e. The summed E-state index contributed by atoms with van der Waals surface area (Å²) in [5, 5.41) is 3.52. The Morgan fingerprint density at radius 1 is 0.949 bits per heavy atom. The fourth-order valence-corrected chi connectivity index (χ4v) is 6.36. The second kappa shape index (κ2) is 13.7. The van der Waals surface area contributed by atoms with Gasteiger partial charge in [-0.15, -0.1) is 0 Å². The van der Waals surface area contributed by atoms with Crippen LogP contribution in [0.25, 0.3) is 0 Å². The molecule has 0 heterocycles. The van der Waals surface area contributed by atoms with E-state index in [0.29, 0.717) is 20.1 Å². The molecule has 0 aromatic heterocycles. The smallest absolute Gasteiger partial charge is 0.264 e. The molecule has 208 valence electrons. The van der Waals surface area contributed by atoms with Crippen LogP contribution in [0.15, 0.2) is 82.2 Å². The number of sulfonamides is 1. The standard InChI is InChI=1S/C28H30BrCl2N3O4S/c1-4-26(28(36)32-19(2)3)33(17-23-24(30)14-9-15-25(23)31)27(35)18-34(21-11-8-10-20(29)16-21)39(37,38)22-12-6-5-7-13-22/h5-16,19,26H,4,17-18H2,1-3H3,(H,32,36)/t26-/m0/s1. The Morgan fingerprint density at radius 2 is 1.56 bits per heavy atom. The first-order chi connectivity index (χ1) is 18.4. The number of carbonyl (C=O) groups excluding carboxylic acids is 2. The number of anilines is 1. The molecular formula is C28H30BrCl2N3O4S. The molecule has 1 atom stereocenters. The van der Waals surface area contributed by atoms with Gasteiger partial charge >= 0.3 is 0 Å². The average molecular weight is 655 g/mol. The van der Waals surface area contributed by atoms with Gasteiger partial charge in [0.25, 0.3) is 10.0 Å². The SMILES string of the molecule is CC[C@@H](C(=O)NC(C)C)N(Cc1c(Cl)cccc1Cl)C(=O)CN(c1cccc(Br)c1)S(=O)(=O)c1ccccc1. The first kappa shape index (κ1) is 30.9. The maximum absolute atomic E-state index is 14.0. The van der Waals surface area contributed by atoms with Crippen molar-refractivity contribution in [1.82, 2.24) is 10.2 Å². The minimum atomic E-state index is -4.15. The van der Waals surface area contributed by atoms with E-state index in [0.717, 1.165) is 4.31 Å². The topological polar surface area (TPSA) is 86.8 Å². The Kier molecular flexibility index (Phi) is 10.8. The van der Waals surface area contributed by atoms with E-state index in [-0.39, 0.29) is 35.5 Å². The van der Waals surface area contributed by atoms with Crippen molar-refractivity contribution in [3.63, 3.8) is 0 Å². The summed E-state index contributed by atoms with van der Waals surface area (Å²) in [6, 6.07) is 18.5. The van der Waals surface area contributed by atoms with Crippen LogP contribution >= 0.6 is 39.1 Å². The number of hydrogen-bond donors (Lipinski definition) is 1. The Labute approximate surface area is 248 Å². The maximum Gasteiger partial charge on any atom is 0.264 e. The van der Waals surface area contributed by atoms with Gasteiger partial charge in [-0.1, -0.05) is 76.4 Å². The van der Waals surface area contributed by atoms with Crippen LogP contribution in [0.3, 0.4) is 0 Å². The summed E-state index contributed by atoms with van der Waals surface area (Å²) in [4.78, 5) is 28.6. The van der Waals surface area contributed by atoms with Crippen molar-refractivity contribution in [1.29, 1.82) is 0 Å². The summed E-state index contributed by atoms with van der Waals surface area (Å²) in [5.74, 6) is -0.944. The number of benzene rings is 3. The van der Waals surface area contributed by atoms with Gasteiger partial charge in [0.05, 0.1) is 10.6 Å². The molecule has 0 fully saturated rings. The van der Waals surface area contributed by atoms with Gasteiger partial charge in [-0.25, -0.2) is 8.42 Å². The summed E-state index contributed by atoms with van der Waals surface area (Å²) < 4.78 is 29.3. The third-order valence-corrected chi connectivity index (χ3v) is 8.90. The van der Waals surface area contributed by atoms with E-state index < -0.39 is 28.5 Å². The summed E-state index contributed by atoms with van der Waals surface area (Å²) in [5.41, 5.74) is 0.752. The minimum Gasteiger partial charge on any atom is -0.352 e. The van der Waals surface area contributed by atoms with E-state index in [9.17, 15) is 18.0 Å². The van der Waals surface area contributed by atoms with Gasteiger partial charge in [0, 0.05) is 32.7 Å². The molecule has 3 aromatic carbocycles. The Hall–Kier alpha value is -2.59. The van der Waals surface area contributed by atoms with Crippen LogP contribution in [0.2, 0.25) is 10.0 Å². The lowest BCUT2D eigenvalue weighted by Gasteiger charge is -2.34. The van der Waals surface area contributed by atoms with E-state index in [1.807, 2.05) is 13.8 Å². The summed E-state index contributed by atoms with van der Waals surface area (Å²) in [6.07, 6.45) is 0.286. The second-order valence-electron chi connectivity index (χ2n) is 9.11. The lowest BCUT2D eigenvalue weighted by Crippen LogP contribution is -2.53. The molecule has 1 N–H and O–H groups in total. The van der Waals surface area contributed by atoms with Crippen LogP contribution in [0.4, 0.5) is 5.69 Å². The normalized spacial score (nSPS) is 12.2. The van der Waals surface area contributed by atoms with Crippen LogP contribution in [0, 0.1) is 0 Å². The number of carbonyl (C=O) groups is 2. The highest BCUT2D eigenvalue weighted by molar-refractivity contribution is 9.10. The van der Waals surface area contributed by atoms with E-state index in [4.69, 9.17) is 23.2 Å². The van der Waals surface area contributed by atoms with Crippen LogP contribution in [0.1, 0.15) is 32.8 Å². The third-order valence-electron chi connectivity index (χ3n) is 5.91. The summed E-state index contributed by atoms with van der Waals surface area (Å²) in [6.45, 7) is 4.79. The molecule has 0 aliphatic heterocycles. The molecule has 0 saturated carbocycles. The van der Waals surface area contributed by atoms with Gasteiger partial charge in [-0.2, -0.15) is 0 Å². The average Bonchev–Trinajstić information content (AvgIpc) is 2.88. The highest BCUT2D eigenvalue weighted by atomic mass is 79.9. The molecule has 39 heavy (non-hydrogen) atoms. The molecule has 0 radical (unpaired) electrons.